The van der Waals surface area contributed by atoms with Gasteiger partial charge in [-0.1, -0.05) is 30.3 Å². The Kier molecular flexibility index (Phi) is 4.77. The maximum absolute atomic E-state index is 11.8. The number of carbonyl (C=O) groups is 1. The second kappa shape index (κ2) is 7.14. The van der Waals surface area contributed by atoms with Crippen molar-refractivity contribution in [3.05, 3.63) is 60.0 Å². The molecule has 0 spiro atoms. The maximum atomic E-state index is 11.8. The SMILES string of the molecule is C[C@@H](CO)NC(=O)Nc1ccc2nc(Cc3ccccc3)oc2c1. The van der Waals surface area contributed by atoms with E-state index in [4.69, 9.17) is 9.52 Å². The van der Waals surface area contributed by atoms with Gasteiger partial charge < -0.3 is 20.2 Å². The summed E-state index contributed by atoms with van der Waals surface area (Å²) in [4.78, 5) is 16.2. The van der Waals surface area contributed by atoms with Crippen LogP contribution in [0.5, 0.6) is 0 Å². The second-order valence-electron chi connectivity index (χ2n) is 5.63. The molecule has 1 aromatic heterocycles. The molecule has 2 amide bonds. The lowest BCUT2D eigenvalue weighted by Gasteiger charge is -2.11. The fourth-order valence-corrected chi connectivity index (χ4v) is 2.33. The van der Waals surface area contributed by atoms with Crippen molar-refractivity contribution in [2.24, 2.45) is 0 Å². The van der Waals surface area contributed by atoms with E-state index in [0.29, 0.717) is 23.6 Å². The predicted octanol–water partition coefficient (Wildman–Crippen LogP) is 2.92. The molecule has 1 atom stereocenters. The van der Waals surface area contributed by atoms with Crippen molar-refractivity contribution in [3.63, 3.8) is 0 Å². The van der Waals surface area contributed by atoms with Crippen LogP contribution in [0.3, 0.4) is 0 Å². The zero-order valence-electron chi connectivity index (χ0n) is 13.3. The van der Waals surface area contributed by atoms with E-state index in [1.54, 1.807) is 25.1 Å². The van der Waals surface area contributed by atoms with E-state index in [2.05, 4.69) is 15.6 Å². The highest BCUT2D eigenvalue weighted by Crippen LogP contribution is 2.21. The van der Waals surface area contributed by atoms with E-state index in [0.717, 1.165) is 11.1 Å². The fourth-order valence-electron chi connectivity index (χ4n) is 2.33. The fraction of sp³-hybridized carbons (Fsp3) is 0.222. The van der Waals surface area contributed by atoms with Crippen LogP contribution in [0.2, 0.25) is 0 Å². The van der Waals surface area contributed by atoms with Crippen molar-refractivity contribution in [1.29, 1.82) is 0 Å². The number of fused-ring (bicyclic) bond motifs is 1. The number of hydrogen-bond acceptors (Lipinski definition) is 4. The van der Waals surface area contributed by atoms with Crippen molar-refractivity contribution in [2.45, 2.75) is 19.4 Å². The van der Waals surface area contributed by atoms with E-state index in [1.807, 2.05) is 30.3 Å². The summed E-state index contributed by atoms with van der Waals surface area (Å²) >= 11 is 0. The number of aromatic nitrogens is 1. The first kappa shape index (κ1) is 16.0. The van der Waals surface area contributed by atoms with Crippen LogP contribution < -0.4 is 10.6 Å². The Morgan fingerprint density at radius 3 is 2.79 bits per heavy atom. The van der Waals surface area contributed by atoms with Gasteiger partial charge in [-0.05, 0) is 24.6 Å². The molecule has 3 N–H and O–H groups in total. The van der Waals surface area contributed by atoms with Gasteiger partial charge in [0.25, 0.3) is 0 Å². The number of nitrogens with one attached hydrogen (secondary N) is 2. The van der Waals surface area contributed by atoms with Crippen molar-refractivity contribution in [1.82, 2.24) is 10.3 Å². The monoisotopic (exact) mass is 325 g/mol. The highest BCUT2D eigenvalue weighted by atomic mass is 16.3. The molecule has 0 radical (unpaired) electrons. The van der Waals surface area contributed by atoms with Gasteiger partial charge in [0.05, 0.1) is 12.6 Å². The van der Waals surface area contributed by atoms with E-state index in [1.165, 1.54) is 0 Å². The average molecular weight is 325 g/mol. The minimum atomic E-state index is -0.375. The standard InChI is InChI=1S/C18H19N3O3/c1-12(11-22)19-18(23)20-14-7-8-15-16(10-14)24-17(21-15)9-13-5-3-2-4-6-13/h2-8,10,12,22H,9,11H2,1H3,(H2,19,20,23)/t12-/m0/s1. The molecule has 1 heterocycles. The minimum absolute atomic E-state index is 0.114. The molecule has 0 saturated heterocycles. The van der Waals surface area contributed by atoms with Crippen LogP contribution in [-0.4, -0.2) is 28.8 Å². The van der Waals surface area contributed by atoms with Crippen LogP contribution in [-0.2, 0) is 6.42 Å². The number of anilines is 1. The first-order valence-corrected chi connectivity index (χ1v) is 7.76. The number of urea groups is 1. The Bertz CT molecular complexity index is 830. The van der Waals surface area contributed by atoms with Crippen LogP contribution in [0.15, 0.2) is 52.9 Å². The lowest BCUT2D eigenvalue weighted by atomic mass is 10.1. The van der Waals surface area contributed by atoms with Crippen molar-refractivity contribution < 1.29 is 14.3 Å². The molecule has 24 heavy (non-hydrogen) atoms. The highest BCUT2D eigenvalue weighted by molar-refractivity contribution is 5.91. The molecule has 2 aromatic carbocycles. The van der Waals surface area contributed by atoms with E-state index in [-0.39, 0.29) is 18.7 Å². The smallest absolute Gasteiger partial charge is 0.319 e. The van der Waals surface area contributed by atoms with Gasteiger partial charge in [0.15, 0.2) is 11.5 Å². The lowest BCUT2D eigenvalue weighted by molar-refractivity contribution is 0.229. The summed E-state index contributed by atoms with van der Waals surface area (Å²) < 4.78 is 5.77. The Hall–Kier alpha value is -2.86. The zero-order chi connectivity index (χ0) is 16.9. The number of aliphatic hydroxyl groups excluding tert-OH is 1. The summed E-state index contributed by atoms with van der Waals surface area (Å²) in [6, 6.07) is 14.6. The molecular weight excluding hydrogens is 306 g/mol. The molecule has 0 bridgehead atoms. The van der Waals surface area contributed by atoms with Crippen molar-refractivity contribution in [3.8, 4) is 0 Å². The van der Waals surface area contributed by atoms with Gasteiger partial charge in [-0.3, -0.25) is 0 Å². The number of nitrogens with zero attached hydrogens (tertiary/aromatic N) is 1. The summed E-state index contributed by atoms with van der Waals surface area (Å²) in [7, 11) is 0. The van der Waals surface area contributed by atoms with Crippen molar-refractivity contribution in [2.75, 3.05) is 11.9 Å². The number of carbonyl (C=O) groups excluding carboxylic acids is 1. The molecule has 6 heteroatoms. The van der Waals surface area contributed by atoms with Gasteiger partial charge >= 0.3 is 6.03 Å². The molecule has 0 aliphatic carbocycles. The Morgan fingerprint density at radius 1 is 1.25 bits per heavy atom. The first-order chi connectivity index (χ1) is 11.6. The third-order valence-electron chi connectivity index (χ3n) is 3.54. The molecule has 3 rings (SSSR count). The molecule has 3 aromatic rings. The van der Waals surface area contributed by atoms with Crippen molar-refractivity contribution >= 4 is 22.8 Å². The van der Waals surface area contributed by atoms with E-state index < -0.39 is 0 Å². The van der Waals surface area contributed by atoms with Crippen LogP contribution >= 0.6 is 0 Å². The van der Waals surface area contributed by atoms with Gasteiger partial charge in [0, 0.05) is 18.2 Å². The highest BCUT2D eigenvalue weighted by Gasteiger charge is 2.10. The molecule has 6 nitrogen and oxygen atoms in total. The zero-order valence-corrected chi connectivity index (χ0v) is 13.3. The number of aliphatic hydroxyl groups is 1. The van der Waals surface area contributed by atoms with Crippen LogP contribution in [0.4, 0.5) is 10.5 Å². The average Bonchev–Trinajstić information content (AvgIpc) is 2.97. The number of benzene rings is 2. The van der Waals surface area contributed by atoms with Gasteiger partial charge in [-0.2, -0.15) is 0 Å². The van der Waals surface area contributed by atoms with Crippen LogP contribution in [0.25, 0.3) is 11.1 Å². The second-order valence-corrected chi connectivity index (χ2v) is 5.63. The lowest BCUT2D eigenvalue weighted by Crippen LogP contribution is -2.38. The third-order valence-corrected chi connectivity index (χ3v) is 3.54. The van der Waals surface area contributed by atoms with Gasteiger partial charge in [0.2, 0.25) is 0 Å². The quantitative estimate of drug-likeness (QED) is 0.673. The molecule has 124 valence electrons. The number of hydrogen-bond donors (Lipinski definition) is 3. The summed E-state index contributed by atoms with van der Waals surface area (Å²) in [5.74, 6) is 0.631. The van der Waals surface area contributed by atoms with E-state index >= 15 is 0 Å². The predicted molar refractivity (Wildman–Crippen MR) is 92.0 cm³/mol. The van der Waals surface area contributed by atoms with E-state index in [9.17, 15) is 4.79 Å². The van der Waals surface area contributed by atoms with Crippen LogP contribution in [0, 0.1) is 0 Å². The molecule has 0 aliphatic heterocycles. The Balaban J connectivity index is 1.73. The number of amides is 2. The summed E-state index contributed by atoms with van der Waals surface area (Å²) in [6.45, 7) is 1.60. The Labute approximate surface area is 139 Å². The van der Waals surface area contributed by atoms with Crippen LogP contribution in [0.1, 0.15) is 18.4 Å². The third kappa shape index (κ3) is 3.91. The summed E-state index contributed by atoms with van der Waals surface area (Å²) in [5.41, 5.74) is 3.09. The molecule has 0 aliphatic rings. The number of rotatable bonds is 5. The Morgan fingerprint density at radius 2 is 2.04 bits per heavy atom. The largest absolute Gasteiger partial charge is 0.440 e. The van der Waals surface area contributed by atoms with Gasteiger partial charge in [-0.15, -0.1) is 0 Å². The molecule has 0 unspecified atom stereocenters. The van der Waals surface area contributed by atoms with Gasteiger partial charge in [-0.25, -0.2) is 9.78 Å². The molecular formula is C18H19N3O3. The summed E-state index contributed by atoms with van der Waals surface area (Å²) in [5, 5.41) is 14.3. The molecule has 0 saturated carbocycles. The minimum Gasteiger partial charge on any atom is -0.440 e. The number of oxazole rings is 1. The van der Waals surface area contributed by atoms with Gasteiger partial charge in [0.1, 0.15) is 5.52 Å². The first-order valence-electron chi connectivity index (χ1n) is 7.76. The summed E-state index contributed by atoms with van der Waals surface area (Å²) in [6.07, 6.45) is 0.618. The normalized spacial score (nSPS) is 12.1. The topological polar surface area (TPSA) is 87.4 Å². The molecule has 0 fully saturated rings. The maximum Gasteiger partial charge on any atom is 0.319 e.